The van der Waals surface area contributed by atoms with Crippen molar-refractivity contribution in [2.45, 2.75) is 39.2 Å². The van der Waals surface area contributed by atoms with E-state index in [0.29, 0.717) is 11.5 Å². The molecule has 5 nitrogen and oxygen atoms in total. The minimum Gasteiger partial charge on any atom is -0.322 e. The number of para-hydroxylation sites is 1. The fourth-order valence-corrected chi connectivity index (χ4v) is 3.05. The molecule has 3 amide bonds. The summed E-state index contributed by atoms with van der Waals surface area (Å²) >= 11 is 0. The molecule has 1 saturated heterocycles. The fraction of sp³-hybridized carbons (Fsp3) is 0.286. The molecule has 2 aromatic rings. The Kier molecular flexibility index (Phi) is 5.16. The predicted molar refractivity (Wildman–Crippen MR) is 99.7 cm³/mol. The summed E-state index contributed by atoms with van der Waals surface area (Å²) in [6.45, 7) is 4.43. The highest BCUT2D eigenvalue weighted by molar-refractivity contribution is 6.05. The van der Waals surface area contributed by atoms with Gasteiger partial charge in [-0.25, -0.2) is 0 Å². The number of hydrogen-bond donors (Lipinski definition) is 1. The molecular weight excluding hydrogens is 328 g/mol. The minimum atomic E-state index is -0.182. The van der Waals surface area contributed by atoms with Crippen LogP contribution in [0.1, 0.15) is 54.1 Å². The maximum atomic E-state index is 12.5. The van der Waals surface area contributed by atoms with E-state index < -0.39 is 0 Å². The lowest BCUT2D eigenvalue weighted by Gasteiger charge is -2.15. The molecule has 5 heteroatoms. The van der Waals surface area contributed by atoms with Gasteiger partial charge in [0.25, 0.3) is 5.91 Å². The molecule has 1 aliphatic heterocycles. The van der Waals surface area contributed by atoms with E-state index in [1.54, 1.807) is 24.3 Å². The molecule has 0 aromatic heterocycles. The van der Waals surface area contributed by atoms with Gasteiger partial charge in [-0.15, -0.1) is 0 Å². The molecule has 0 bridgehead atoms. The van der Waals surface area contributed by atoms with Crippen LogP contribution in [0.25, 0.3) is 0 Å². The lowest BCUT2D eigenvalue weighted by molar-refractivity contribution is -0.139. The zero-order valence-electron chi connectivity index (χ0n) is 15.0. The first-order valence-corrected chi connectivity index (χ1v) is 8.78. The normalized spacial score (nSPS) is 14.2. The topological polar surface area (TPSA) is 66.5 Å². The van der Waals surface area contributed by atoms with Gasteiger partial charge >= 0.3 is 0 Å². The van der Waals surface area contributed by atoms with Crippen LogP contribution < -0.4 is 5.32 Å². The Morgan fingerprint density at radius 3 is 2.23 bits per heavy atom. The van der Waals surface area contributed by atoms with E-state index >= 15 is 0 Å². The number of hydrogen-bond acceptors (Lipinski definition) is 3. The molecule has 0 radical (unpaired) electrons. The third-order valence-electron chi connectivity index (χ3n) is 4.54. The Labute approximate surface area is 153 Å². The Morgan fingerprint density at radius 1 is 1.00 bits per heavy atom. The van der Waals surface area contributed by atoms with Crippen LogP contribution in [0, 0.1) is 0 Å². The van der Waals surface area contributed by atoms with Gasteiger partial charge in [-0.3, -0.25) is 19.3 Å². The van der Waals surface area contributed by atoms with Gasteiger partial charge in [0.05, 0.1) is 6.54 Å². The highest BCUT2D eigenvalue weighted by Crippen LogP contribution is 2.24. The Hall–Kier alpha value is -2.95. The van der Waals surface area contributed by atoms with Crippen LogP contribution in [0.4, 0.5) is 5.69 Å². The van der Waals surface area contributed by atoms with Crippen molar-refractivity contribution in [3.05, 3.63) is 65.2 Å². The average Bonchev–Trinajstić information content (AvgIpc) is 2.94. The van der Waals surface area contributed by atoms with Crippen LogP contribution in [0.3, 0.4) is 0 Å². The van der Waals surface area contributed by atoms with Crippen LogP contribution in [0.15, 0.2) is 48.5 Å². The summed E-state index contributed by atoms with van der Waals surface area (Å²) in [4.78, 5) is 37.2. The van der Waals surface area contributed by atoms with Crippen molar-refractivity contribution in [3.8, 4) is 0 Å². The lowest BCUT2D eigenvalue weighted by atomic mass is 10.0. The molecule has 0 aliphatic carbocycles. The highest BCUT2D eigenvalue weighted by Gasteiger charge is 2.28. The lowest BCUT2D eigenvalue weighted by Crippen LogP contribution is -2.28. The standard InChI is InChI=1S/C21H22N2O3/c1-14(2)17-5-3-4-6-18(17)22-21(26)16-9-7-15(8-10-16)13-23-19(24)11-12-20(23)25/h3-10,14H,11-13H2,1-2H3,(H,22,26). The van der Waals surface area contributed by atoms with Crippen LogP contribution >= 0.6 is 0 Å². The number of nitrogens with zero attached hydrogens (tertiary/aromatic N) is 1. The number of carbonyl (C=O) groups is 3. The predicted octanol–water partition coefficient (Wildman–Crippen LogP) is 3.71. The van der Waals surface area contributed by atoms with Crippen LogP contribution in [-0.4, -0.2) is 22.6 Å². The number of rotatable bonds is 5. The third kappa shape index (κ3) is 3.82. The van der Waals surface area contributed by atoms with Crippen molar-refractivity contribution >= 4 is 23.4 Å². The van der Waals surface area contributed by atoms with E-state index in [9.17, 15) is 14.4 Å². The summed E-state index contributed by atoms with van der Waals surface area (Å²) in [6.07, 6.45) is 0.573. The summed E-state index contributed by atoms with van der Waals surface area (Å²) in [6, 6.07) is 14.8. The van der Waals surface area contributed by atoms with Crippen molar-refractivity contribution in [2.75, 3.05) is 5.32 Å². The fourth-order valence-electron chi connectivity index (χ4n) is 3.05. The van der Waals surface area contributed by atoms with Crippen molar-refractivity contribution < 1.29 is 14.4 Å². The first-order valence-electron chi connectivity index (χ1n) is 8.78. The minimum absolute atomic E-state index is 0.137. The summed E-state index contributed by atoms with van der Waals surface area (Å²) in [5.41, 5.74) is 3.26. The Morgan fingerprint density at radius 2 is 1.62 bits per heavy atom. The maximum absolute atomic E-state index is 12.5. The van der Waals surface area contributed by atoms with E-state index in [2.05, 4.69) is 19.2 Å². The second-order valence-electron chi connectivity index (χ2n) is 6.77. The third-order valence-corrected chi connectivity index (χ3v) is 4.54. The molecule has 1 aliphatic rings. The first kappa shape index (κ1) is 17.9. The van der Waals surface area contributed by atoms with E-state index in [4.69, 9.17) is 0 Å². The molecule has 0 spiro atoms. The number of anilines is 1. The van der Waals surface area contributed by atoms with Gasteiger partial charge in [0.1, 0.15) is 0 Å². The van der Waals surface area contributed by atoms with Crippen molar-refractivity contribution in [2.24, 2.45) is 0 Å². The van der Waals surface area contributed by atoms with Gasteiger partial charge < -0.3 is 5.32 Å². The average molecular weight is 350 g/mol. The second-order valence-corrected chi connectivity index (χ2v) is 6.77. The SMILES string of the molecule is CC(C)c1ccccc1NC(=O)c1ccc(CN2C(=O)CCC2=O)cc1. The summed E-state index contributed by atoms with van der Waals surface area (Å²) in [5, 5.41) is 2.96. The molecule has 1 N–H and O–H groups in total. The largest absolute Gasteiger partial charge is 0.322 e. The van der Waals surface area contributed by atoms with Crippen molar-refractivity contribution in [3.63, 3.8) is 0 Å². The summed E-state index contributed by atoms with van der Waals surface area (Å²) in [5.74, 6) is -0.147. The van der Waals surface area contributed by atoms with E-state index in [1.807, 2.05) is 24.3 Å². The van der Waals surface area contributed by atoms with Gasteiger partial charge in [0.2, 0.25) is 11.8 Å². The molecule has 3 rings (SSSR count). The first-order chi connectivity index (χ1) is 12.5. The molecule has 134 valence electrons. The molecular formula is C21H22N2O3. The zero-order valence-corrected chi connectivity index (χ0v) is 15.0. The molecule has 0 saturated carbocycles. The van der Waals surface area contributed by atoms with E-state index in [0.717, 1.165) is 16.8 Å². The monoisotopic (exact) mass is 350 g/mol. The molecule has 0 unspecified atom stereocenters. The number of amides is 3. The molecule has 0 atom stereocenters. The summed E-state index contributed by atoms with van der Waals surface area (Å²) < 4.78 is 0. The number of carbonyl (C=O) groups excluding carboxylic acids is 3. The molecule has 26 heavy (non-hydrogen) atoms. The van der Waals surface area contributed by atoms with Gasteiger partial charge in [0, 0.05) is 24.1 Å². The smallest absolute Gasteiger partial charge is 0.255 e. The number of benzene rings is 2. The van der Waals surface area contributed by atoms with Gasteiger partial charge in [-0.2, -0.15) is 0 Å². The number of likely N-dealkylation sites (tertiary alicyclic amines) is 1. The van der Waals surface area contributed by atoms with Gasteiger partial charge in [-0.05, 0) is 35.2 Å². The summed E-state index contributed by atoms with van der Waals surface area (Å²) in [7, 11) is 0. The number of nitrogens with one attached hydrogen (secondary N) is 1. The highest BCUT2D eigenvalue weighted by atomic mass is 16.2. The molecule has 1 heterocycles. The van der Waals surface area contributed by atoms with Crippen LogP contribution in [-0.2, 0) is 16.1 Å². The zero-order chi connectivity index (χ0) is 18.7. The Balaban J connectivity index is 1.70. The molecule has 1 fully saturated rings. The quantitative estimate of drug-likeness (QED) is 0.836. The van der Waals surface area contributed by atoms with Crippen LogP contribution in [0.2, 0.25) is 0 Å². The maximum Gasteiger partial charge on any atom is 0.255 e. The number of imide groups is 1. The Bertz CT molecular complexity index is 825. The second kappa shape index (κ2) is 7.52. The van der Waals surface area contributed by atoms with Crippen molar-refractivity contribution in [1.82, 2.24) is 4.90 Å². The molecule has 2 aromatic carbocycles. The van der Waals surface area contributed by atoms with E-state index in [-0.39, 0.29) is 37.1 Å². The van der Waals surface area contributed by atoms with Gasteiger partial charge in [-0.1, -0.05) is 44.2 Å². The van der Waals surface area contributed by atoms with Crippen molar-refractivity contribution in [1.29, 1.82) is 0 Å². The van der Waals surface area contributed by atoms with Gasteiger partial charge in [0.15, 0.2) is 0 Å². The van der Waals surface area contributed by atoms with Crippen LogP contribution in [0.5, 0.6) is 0 Å². The van der Waals surface area contributed by atoms with E-state index in [1.165, 1.54) is 4.90 Å².